The van der Waals surface area contributed by atoms with Crippen molar-refractivity contribution in [2.24, 2.45) is 0 Å². The van der Waals surface area contributed by atoms with E-state index in [1.54, 1.807) is 23.1 Å². The highest BCUT2D eigenvalue weighted by atomic mass is 32.2. The molecule has 1 aromatic heterocycles. The van der Waals surface area contributed by atoms with Gasteiger partial charge >= 0.3 is 6.03 Å². The molecule has 1 aromatic rings. The molecule has 24 heavy (non-hydrogen) atoms. The van der Waals surface area contributed by atoms with E-state index in [1.807, 2.05) is 11.6 Å². The Labute approximate surface area is 150 Å². The summed E-state index contributed by atoms with van der Waals surface area (Å²) in [4.78, 5) is 16.6. The third-order valence-electron chi connectivity index (χ3n) is 4.93. The van der Waals surface area contributed by atoms with Crippen LogP contribution in [0.4, 0.5) is 4.79 Å². The highest BCUT2D eigenvalue weighted by molar-refractivity contribution is 8.01. The van der Waals surface area contributed by atoms with Crippen molar-refractivity contribution in [1.82, 2.24) is 15.6 Å². The Morgan fingerprint density at radius 3 is 2.79 bits per heavy atom. The van der Waals surface area contributed by atoms with E-state index >= 15 is 0 Å². The van der Waals surface area contributed by atoms with Crippen LogP contribution >= 0.6 is 23.1 Å². The van der Waals surface area contributed by atoms with E-state index < -0.39 is 0 Å². The number of nitrogens with one attached hydrogen (secondary N) is 2. The lowest BCUT2D eigenvalue weighted by Crippen LogP contribution is -2.51. The molecule has 4 rings (SSSR count). The minimum Gasteiger partial charge on any atom is -0.372 e. The lowest BCUT2D eigenvalue weighted by Gasteiger charge is -2.24. The number of ether oxygens (including phenoxy) is 2. The van der Waals surface area contributed by atoms with Crippen molar-refractivity contribution in [3.05, 3.63) is 11.6 Å². The molecule has 3 aliphatic rings. The van der Waals surface area contributed by atoms with Crippen molar-refractivity contribution in [3.63, 3.8) is 0 Å². The Hall–Kier alpha value is -0.830. The zero-order chi connectivity index (χ0) is 16.4. The number of hydrogen-bond donors (Lipinski definition) is 2. The number of fused-ring (bicyclic) bond motifs is 1. The molecule has 8 heteroatoms. The maximum absolute atomic E-state index is 12.2. The lowest BCUT2D eigenvalue weighted by atomic mass is 9.96. The van der Waals surface area contributed by atoms with Crippen molar-refractivity contribution < 1.29 is 14.3 Å². The van der Waals surface area contributed by atoms with Gasteiger partial charge in [0.15, 0.2) is 0 Å². The summed E-state index contributed by atoms with van der Waals surface area (Å²) in [6, 6.07) is 0.158. The molecule has 0 radical (unpaired) electrons. The summed E-state index contributed by atoms with van der Waals surface area (Å²) < 4.78 is 12.9. The SMILES string of the molecule is O=C(NC1CCCCC1)N[C@H]1CO[C@H]2[C@@H]1OC[C@@H]2Sc1nccs1. The molecule has 2 aliphatic heterocycles. The monoisotopic (exact) mass is 369 g/mol. The maximum atomic E-state index is 12.2. The molecule has 6 nitrogen and oxygen atoms in total. The summed E-state index contributed by atoms with van der Waals surface area (Å²) in [7, 11) is 0. The van der Waals surface area contributed by atoms with Gasteiger partial charge in [-0.25, -0.2) is 9.78 Å². The van der Waals surface area contributed by atoms with Crippen LogP contribution in [0.15, 0.2) is 15.9 Å². The molecular weight excluding hydrogens is 346 g/mol. The molecule has 4 atom stereocenters. The van der Waals surface area contributed by atoms with Crippen molar-refractivity contribution in [1.29, 1.82) is 0 Å². The third kappa shape index (κ3) is 3.71. The molecule has 2 amide bonds. The van der Waals surface area contributed by atoms with Crippen LogP contribution in [0.25, 0.3) is 0 Å². The second-order valence-corrected chi connectivity index (χ2v) is 8.99. The second kappa shape index (κ2) is 7.59. The summed E-state index contributed by atoms with van der Waals surface area (Å²) in [5.41, 5.74) is 0. The summed E-state index contributed by atoms with van der Waals surface area (Å²) >= 11 is 3.35. The Morgan fingerprint density at radius 2 is 2.00 bits per heavy atom. The van der Waals surface area contributed by atoms with E-state index in [4.69, 9.17) is 9.47 Å². The Balaban J connectivity index is 1.28. The van der Waals surface area contributed by atoms with Gasteiger partial charge in [0.25, 0.3) is 0 Å². The molecule has 0 unspecified atom stereocenters. The van der Waals surface area contributed by atoms with Crippen LogP contribution < -0.4 is 10.6 Å². The minimum absolute atomic E-state index is 0.0267. The van der Waals surface area contributed by atoms with Crippen LogP contribution in [0.2, 0.25) is 0 Å². The topological polar surface area (TPSA) is 72.5 Å². The lowest BCUT2D eigenvalue weighted by molar-refractivity contribution is 0.0693. The molecular formula is C16H23N3O3S2. The molecule has 0 bridgehead atoms. The molecule has 2 N–H and O–H groups in total. The predicted octanol–water partition coefficient (Wildman–Crippen LogP) is 2.40. The predicted molar refractivity (Wildman–Crippen MR) is 93.6 cm³/mol. The van der Waals surface area contributed by atoms with E-state index in [1.165, 1.54) is 19.3 Å². The van der Waals surface area contributed by atoms with E-state index in [2.05, 4.69) is 15.6 Å². The molecule has 0 spiro atoms. The number of hydrogen-bond acceptors (Lipinski definition) is 6. The highest BCUT2D eigenvalue weighted by Crippen LogP contribution is 2.37. The van der Waals surface area contributed by atoms with Crippen LogP contribution in [-0.2, 0) is 9.47 Å². The van der Waals surface area contributed by atoms with Crippen molar-refractivity contribution >= 4 is 29.1 Å². The molecule has 3 heterocycles. The van der Waals surface area contributed by atoms with Crippen molar-refractivity contribution in [2.75, 3.05) is 13.2 Å². The summed E-state index contributed by atoms with van der Waals surface area (Å²) in [5, 5.41) is 8.38. The van der Waals surface area contributed by atoms with Gasteiger partial charge in [-0.05, 0) is 12.8 Å². The smallest absolute Gasteiger partial charge is 0.315 e. The van der Waals surface area contributed by atoms with Crippen LogP contribution in [-0.4, -0.2) is 53.8 Å². The van der Waals surface area contributed by atoms with Gasteiger partial charge in [0, 0.05) is 17.6 Å². The third-order valence-corrected chi connectivity index (χ3v) is 7.08. The second-order valence-electron chi connectivity index (χ2n) is 6.61. The number of nitrogens with zero attached hydrogens (tertiary/aromatic N) is 1. The summed E-state index contributed by atoms with van der Waals surface area (Å²) in [5.74, 6) is 0. The van der Waals surface area contributed by atoms with Gasteiger partial charge in [-0.15, -0.1) is 11.3 Å². The molecule has 1 saturated carbocycles. The van der Waals surface area contributed by atoms with Gasteiger partial charge < -0.3 is 20.1 Å². The highest BCUT2D eigenvalue weighted by Gasteiger charge is 2.48. The zero-order valence-electron chi connectivity index (χ0n) is 13.5. The van der Waals surface area contributed by atoms with E-state index in [-0.39, 0.29) is 29.5 Å². The Bertz CT molecular complexity index is 551. The number of urea groups is 1. The van der Waals surface area contributed by atoms with E-state index in [9.17, 15) is 4.79 Å². The maximum Gasteiger partial charge on any atom is 0.315 e. The van der Waals surface area contributed by atoms with Crippen LogP contribution in [0.3, 0.4) is 0 Å². The van der Waals surface area contributed by atoms with Crippen LogP contribution in [0.5, 0.6) is 0 Å². The standard InChI is InChI=1S/C16H23N3O3S2/c20-15(18-10-4-2-1-3-5-10)19-11-8-21-14-12(9-22-13(11)14)24-16-17-6-7-23-16/h6-7,10-14H,1-5,8-9H2,(H2,18,19,20)/t11-,12-,13+,14+/m0/s1. The van der Waals surface area contributed by atoms with Gasteiger partial charge in [0.1, 0.15) is 16.5 Å². The van der Waals surface area contributed by atoms with Crippen LogP contribution in [0, 0.1) is 0 Å². The normalized spacial score (nSPS) is 33.3. The molecule has 3 fully saturated rings. The number of amides is 2. The summed E-state index contributed by atoms with van der Waals surface area (Å²) in [6.07, 6.45) is 7.66. The van der Waals surface area contributed by atoms with Gasteiger partial charge in [-0.2, -0.15) is 0 Å². The summed E-state index contributed by atoms with van der Waals surface area (Å²) in [6.45, 7) is 1.16. The fourth-order valence-electron chi connectivity index (χ4n) is 3.73. The fraction of sp³-hybridized carbons (Fsp3) is 0.750. The molecule has 132 valence electrons. The van der Waals surface area contributed by atoms with Gasteiger partial charge in [0.05, 0.1) is 24.5 Å². The Morgan fingerprint density at radius 1 is 1.17 bits per heavy atom. The molecule has 1 aliphatic carbocycles. The number of aromatic nitrogens is 1. The number of carbonyl (C=O) groups is 1. The fourth-order valence-corrected chi connectivity index (χ4v) is 5.74. The first-order valence-electron chi connectivity index (χ1n) is 8.66. The Kier molecular flexibility index (Phi) is 5.26. The number of thioether (sulfide) groups is 1. The first-order chi connectivity index (χ1) is 11.8. The average molecular weight is 370 g/mol. The first kappa shape index (κ1) is 16.6. The van der Waals surface area contributed by atoms with Gasteiger partial charge in [0.2, 0.25) is 0 Å². The van der Waals surface area contributed by atoms with Crippen molar-refractivity contribution in [3.8, 4) is 0 Å². The molecule has 0 aromatic carbocycles. The van der Waals surface area contributed by atoms with Crippen LogP contribution in [0.1, 0.15) is 32.1 Å². The first-order valence-corrected chi connectivity index (χ1v) is 10.4. The van der Waals surface area contributed by atoms with E-state index in [0.29, 0.717) is 19.3 Å². The minimum atomic E-state index is -0.0872. The average Bonchev–Trinajstić information content (AvgIpc) is 3.30. The number of rotatable bonds is 4. The largest absolute Gasteiger partial charge is 0.372 e. The van der Waals surface area contributed by atoms with Gasteiger partial charge in [-0.1, -0.05) is 31.0 Å². The van der Waals surface area contributed by atoms with Crippen molar-refractivity contribution in [2.45, 2.75) is 66.0 Å². The van der Waals surface area contributed by atoms with Gasteiger partial charge in [-0.3, -0.25) is 0 Å². The zero-order valence-corrected chi connectivity index (χ0v) is 15.1. The molecule has 2 saturated heterocycles. The number of thiazole rings is 1. The quantitative estimate of drug-likeness (QED) is 0.853. The van der Waals surface area contributed by atoms with E-state index in [0.717, 1.165) is 17.2 Å². The number of carbonyl (C=O) groups excluding carboxylic acids is 1.